The van der Waals surface area contributed by atoms with Crippen molar-refractivity contribution in [3.63, 3.8) is 0 Å². The third-order valence-electron chi connectivity index (χ3n) is 3.85. The minimum atomic E-state index is -3.83. The van der Waals surface area contributed by atoms with Crippen molar-refractivity contribution in [1.29, 1.82) is 0 Å². The second-order valence-electron chi connectivity index (χ2n) is 5.16. The number of aliphatic hydroxyl groups excluding tert-OH is 1. The number of hydrogen-bond donors (Lipinski definition) is 1. The van der Waals surface area contributed by atoms with E-state index in [2.05, 4.69) is 5.10 Å². The zero-order chi connectivity index (χ0) is 16.1. The highest BCUT2D eigenvalue weighted by atomic mass is 32.2. The average molecular weight is 319 g/mol. The smallest absolute Gasteiger partial charge is 0.268 e. The van der Waals surface area contributed by atoms with Crippen LogP contribution in [0.3, 0.4) is 0 Å². The SMILES string of the molecule is CCN1c2cnn(C)c2C(O)=C(c2ccccc2C)S1(=O)=O. The Kier molecular flexibility index (Phi) is 3.25. The molecule has 7 heteroatoms. The molecule has 1 aliphatic rings. The van der Waals surface area contributed by atoms with Gasteiger partial charge in [0.05, 0.1) is 6.20 Å². The third kappa shape index (κ3) is 1.85. The molecular formula is C15H17N3O3S. The molecule has 0 spiro atoms. The van der Waals surface area contributed by atoms with Gasteiger partial charge in [-0.1, -0.05) is 24.3 Å². The van der Waals surface area contributed by atoms with Crippen LogP contribution in [0.1, 0.15) is 23.7 Å². The highest BCUT2D eigenvalue weighted by molar-refractivity contribution is 8.02. The number of aryl methyl sites for hydroxylation is 2. The molecule has 2 aromatic rings. The Bertz CT molecular complexity index is 881. The first kappa shape index (κ1) is 14.6. The number of fused-ring (bicyclic) bond motifs is 1. The maximum atomic E-state index is 13.0. The van der Waals surface area contributed by atoms with Crippen LogP contribution in [0.5, 0.6) is 0 Å². The Morgan fingerprint density at radius 1 is 1.27 bits per heavy atom. The van der Waals surface area contributed by atoms with Gasteiger partial charge in [0.15, 0.2) is 5.76 Å². The van der Waals surface area contributed by atoms with E-state index in [9.17, 15) is 13.5 Å². The molecule has 0 fully saturated rings. The number of aromatic nitrogens is 2. The van der Waals surface area contributed by atoms with E-state index in [0.717, 1.165) is 5.56 Å². The maximum absolute atomic E-state index is 13.0. The van der Waals surface area contributed by atoms with Crippen LogP contribution in [0, 0.1) is 6.92 Å². The van der Waals surface area contributed by atoms with Crippen LogP contribution in [0.15, 0.2) is 30.5 Å². The molecule has 0 atom stereocenters. The van der Waals surface area contributed by atoms with E-state index in [4.69, 9.17) is 0 Å². The van der Waals surface area contributed by atoms with Gasteiger partial charge >= 0.3 is 0 Å². The summed E-state index contributed by atoms with van der Waals surface area (Å²) in [6.45, 7) is 3.84. The van der Waals surface area contributed by atoms with Gasteiger partial charge in [0.1, 0.15) is 16.3 Å². The van der Waals surface area contributed by atoms with Crippen LogP contribution in [0.2, 0.25) is 0 Å². The lowest BCUT2D eigenvalue weighted by Crippen LogP contribution is -2.35. The van der Waals surface area contributed by atoms with Gasteiger partial charge in [-0.25, -0.2) is 8.42 Å². The van der Waals surface area contributed by atoms with E-state index < -0.39 is 10.0 Å². The van der Waals surface area contributed by atoms with Gasteiger partial charge in [-0.2, -0.15) is 5.10 Å². The molecule has 0 saturated carbocycles. The molecular weight excluding hydrogens is 302 g/mol. The molecule has 0 radical (unpaired) electrons. The summed E-state index contributed by atoms with van der Waals surface area (Å²) in [6, 6.07) is 7.11. The van der Waals surface area contributed by atoms with Crippen molar-refractivity contribution in [3.8, 4) is 0 Å². The molecule has 22 heavy (non-hydrogen) atoms. The molecule has 3 rings (SSSR count). The summed E-state index contributed by atoms with van der Waals surface area (Å²) >= 11 is 0. The molecule has 6 nitrogen and oxygen atoms in total. The molecule has 1 aromatic heterocycles. The number of nitrogens with zero attached hydrogens (tertiary/aromatic N) is 3. The van der Waals surface area contributed by atoms with Gasteiger partial charge in [0.2, 0.25) is 0 Å². The van der Waals surface area contributed by atoms with Crippen LogP contribution in [0.25, 0.3) is 10.7 Å². The van der Waals surface area contributed by atoms with Gasteiger partial charge in [-0.05, 0) is 19.4 Å². The molecule has 0 unspecified atom stereocenters. The summed E-state index contributed by atoms with van der Waals surface area (Å²) in [7, 11) is -2.15. The predicted octanol–water partition coefficient (Wildman–Crippen LogP) is 2.28. The standard InChI is InChI=1S/C15H17N3O3S/c1-4-18-12-9-16-17(3)13(12)14(19)15(22(18,20)21)11-8-6-5-7-10(11)2/h5-9,19H,4H2,1-3H3. The van der Waals surface area contributed by atoms with Crippen LogP contribution in [-0.2, 0) is 17.1 Å². The van der Waals surface area contributed by atoms with Crippen molar-refractivity contribution >= 4 is 26.4 Å². The normalized spacial score (nSPS) is 16.8. The van der Waals surface area contributed by atoms with Crippen molar-refractivity contribution < 1.29 is 13.5 Å². The van der Waals surface area contributed by atoms with Crippen molar-refractivity contribution in [2.75, 3.05) is 10.8 Å². The molecule has 2 heterocycles. The third-order valence-corrected chi connectivity index (χ3v) is 5.82. The highest BCUT2D eigenvalue weighted by Crippen LogP contribution is 2.42. The lowest BCUT2D eigenvalue weighted by Gasteiger charge is -2.29. The zero-order valence-electron chi connectivity index (χ0n) is 12.6. The topological polar surface area (TPSA) is 75.4 Å². The Morgan fingerprint density at radius 3 is 2.59 bits per heavy atom. The first-order valence-corrected chi connectivity index (χ1v) is 8.38. The summed E-state index contributed by atoms with van der Waals surface area (Å²) in [5.41, 5.74) is 2.11. The predicted molar refractivity (Wildman–Crippen MR) is 85.8 cm³/mol. The lowest BCUT2D eigenvalue weighted by atomic mass is 10.1. The van der Waals surface area contributed by atoms with E-state index in [0.29, 0.717) is 16.9 Å². The first-order chi connectivity index (χ1) is 10.4. The zero-order valence-corrected chi connectivity index (χ0v) is 13.4. The van der Waals surface area contributed by atoms with Crippen LogP contribution >= 0.6 is 0 Å². The number of anilines is 1. The highest BCUT2D eigenvalue weighted by Gasteiger charge is 2.40. The van der Waals surface area contributed by atoms with Gasteiger partial charge in [0, 0.05) is 19.2 Å². The quantitative estimate of drug-likeness (QED) is 0.921. The van der Waals surface area contributed by atoms with E-state index in [1.165, 1.54) is 15.2 Å². The van der Waals surface area contributed by atoms with Crippen LogP contribution in [0.4, 0.5) is 5.69 Å². The maximum Gasteiger partial charge on any atom is 0.268 e. The number of rotatable bonds is 2. The number of aliphatic hydroxyl groups is 1. The largest absolute Gasteiger partial charge is 0.504 e. The molecule has 0 bridgehead atoms. The summed E-state index contributed by atoms with van der Waals surface area (Å²) in [5, 5.41) is 14.7. The average Bonchev–Trinajstić information content (AvgIpc) is 2.82. The van der Waals surface area contributed by atoms with Gasteiger partial charge in [0.25, 0.3) is 10.0 Å². The summed E-state index contributed by atoms with van der Waals surface area (Å²) in [4.78, 5) is -0.0662. The lowest BCUT2D eigenvalue weighted by molar-refractivity contribution is 0.502. The molecule has 0 aliphatic carbocycles. The fraction of sp³-hybridized carbons (Fsp3) is 0.267. The Hall–Kier alpha value is -2.28. The number of hydrogen-bond acceptors (Lipinski definition) is 4. The number of benzene rings is 1. The molecule has 0 saturated heterocycles. The van der Waals surface area contributed by atoms with Crippen LogP contribution in [-0.4, -0.2) is 29.8 Å². The Balaban J connectivity index is 2.41. The van der Waals surface area contributed by atoms with Crippen molar-refractivity contribution in [2.24, 2.45) is 7.05 Å². The minimum absolute atomic E-state index is 0.0662. The Labute approximate surface area is 129 Å². The van der Waals surface area contributed by atoms with E-state index in [1.807, 2.05) is 19.1 Å². The number of sulfonamides is 1. The van der Waals surface area contributed by atoms with E-state index in [1.54, 1.807) is 26.1 Å². The van der Waals surface area contributed by atoms with Crippen molar-refractivity contribution in [3.05, 3.63) is 47.3 Å². The molecule has 116 valence electrons. The summed E-state index contributed by atoms with van der Waals surface area (Å²) in [5.74, 6) is -0.256. The fourth-order valence-corrected chi connectivity index (χ4v) is 4.59. The van der Waals surface area contributed by atoms with E-state index in [-0.39, 0.29) is 17.2 Å². The second-order valence-corrected chi connectivity index (χ2v) is 6.96. The molecule has 1 aromatic carbocycles. The Morgan fingerprint density at radius 2 is 1.95 bits per heavy atom. The van der Waals surface area contributed by atoms with Gasteiger partial charge < -0.3 is 5.11 Å². The first-order valence-electron chi connectivity index (χ1n) is 6.94. The van der Waals surface area contributed by atoms with Gasteiger partial charge in [-0.3, -0.25) is 8.99 Å². The van der Waals surface area contributed by atoms with Gasteiger partial charge in [-0.15, -0.1) is 0 Å². The molecule has 0 amide bonds. The fourth-order valence-electron chi connectivity index (χ4n) is 2.79. The minimum Gasteiger partial charge on any atom is -0.504 e. The van der Waals surface area contributed by atoms with E-state index >= 15 is 0 Å². The monoisotopic (exact) mass is 319 g/mol. The summed E-state index contributed by atoms with van der Waals surface area (Å²) in [6.07, 6.45) is 1.46. The van der Waals surface area contributed by atoms with Crippen molar-refractivity contribution in [1.82, 2.24) is 9.78 Å². The second kappa shape index (κ2) is 4.88. The molecule has 1 aliphatic heterocycles. The molecule has 1 N–H and O–H groups in total. The summed E-state index contributed by atoms with van der Waals surface area (Å²) < 4.78 is 28.7. The van der Waals surface area contributed by atoms with Crippen molar-refractivity contribution in [2.45, 2.75) is 13.8 Å². The van der Waals surface area contributed by atoms with Crippen LogP contribution < -0.4 is 4.31 Å².